The van der Waals surface area contributed by atoms with Crippen molar-refractivity contribution in [3.63, 3.8) is 0 Å². The highest BCUT2D eigenvalue weighted by molar-refractivity contribution is 6.26. The molecule has 0 aliphatic rings. The molecule has 3 nitrogen and oxygen atoms in total. The second-order valence-corrected chi connectivity index (χ2v) is 15.6. The first-order valence-corrected chi connectivity index (χ1v) is 20.8. The van der Waals surface area contributed by atoms with E-state index >= 15 is 0 Å². The molecule has 0 bridgehead atoms. The van der Waals surface area contributed by atoms with E-state index in [4.69, 9.17) is 4.42 Å². The third kappa shape index (κ3) is 5.74. The molecule has 0 aliphatic heterocycles. The van der Waals surface area contributed by atoms with E-state index in [0.717, 1.165) is 72.5 Å². The summed E-state index contributed by atoms with van der Waals surface area (Å²) in [5.74, 6) is 0. The molecule has 12 rings (SSSR count). The molecule has 0 saturated carbocycles. The summed E-state index contributed by atoms with van der Waals surface area (Å²) in [6, 6.07) is 82.8. The van der Waals surface area contributed by atoms with Gasteiger partial charge < -0.3 is 13.9 Å². The predicted molar refractivity (Wildman–Crippen MR) is 257 cm³/mol. The molecule has 0 unspecified atom stereocenters. The van der Waals surface area contributed by atoms with Crippen molar-refractivity contribution in [2.24, 2.45) is 0 Å². The lowest BCUT2D eigenvalue weighted by Gasteiger charge is -2.28. The highest BCUT2D eigenvalue weighted by atomic mass is 16.3. The summed E-state index contributed by atoms with van der Waals surface area (Å²) in [6.07, 6.45) is 0. The minimum Gasteiger partial charge on any atom is -0.456 e. The minimum absolute atomic E-state index is 0.839. The van der Waals surface area contributed by atoms with Crippen LogP contribution in [-0.2, 0) is 0 Å². The zero-order chi connectivity index (χ0) is 40.3. The first-order chi connectivity index (χ1) is 30.3. The number of furan rings is 1. The molecule has 0 atom stereocenters. The number of hydrogen-bond donors (Lipinski definition) is 0. The van der Waals surface area contributed by atoms with Crippen LogP contribution in [0.4, 0.5) is 17.1 Å². The van der Waals surface area contributed by atoms with Gasteiger partial charge >= 0.3 is 0 Å². The molecule has 3 heteroatoms. The van der Waals surface area contributed by atoms with E-state index in [-0.39, 0.29) is 0 Å². The van der Waals surface area contributed by atoms with E-state index in [1.807, 2.05) is 0 Å². The molecule has 0 aliphatic carbocycles. The number of anilines is 3. The number of benzene rings is 10. The van der Waals surface area contributed by atoms with Gasteiger partial charge in [0, 0.05) is 44.5 Å². The van der Waals surface area contributed by atoms with Gasteiger partial charge in [-0.05, 0) is 93.2 Å². The standard InChI is InChI=1S/C58H38N2O/c1-4-17-39(18-5-1)40-31-34-44(35-32-40)59(51-28-14-12-24-46(51)41-19-6-2-7-20-41)45-37-50(58-55(38-45)61-54-36-33-42-21-10-11-25-47(42)57(54)58)48-27-16-30-53-56(48)49-26-13-15-29-52(49)60(53)43-22-8-3-9-23-43/h1-38H. The summed E-state index contributed by atoms with van der Waals surface area (Å²) in [5.41, 5.74) is 15.2. The first-order valence-electron chi connectivity index (χ1n) is 20.8. The molecule has 2 aromatic heterocycles. The van der Waals surface area contributed by atoms with Crippen LogP contribution in [0.5, 0.6) is 0 Å². The van der Waals surface area contributed by atoms with E-state index < -0.39 is 0 Å². The van der Waals surface area contributed by atoms with Crippen molar-refractivity contribution in [1.82, 2.24) is 4.57 Å². The van der Waals surface area contributed by atoms with Crippen molar-refractivity contribution in [1.29, 1.82) is 0 Å². The van der Waals surface area contributed by atoms with Crippen LogP contribution in [0.1, 0.15) is 0 Å². The molecular weight excluding hydrogens is 741 g/mol. The van der Waals surface area contributed by atoms with Gasteiger partial charge in [-0.15, -0.1) is 0 Å². The Morgan fingerprint density at radius 2 is 0.967 bits per heavy atom. The van der Waals surface area contributed by atoms with Gasteiger partial charge in [-0.3, -0.25) is 0 Å². The monoisotopic (exact) mass is 778 g/mol. The summed E-state index contributed by atoms with van der Waals surface area (Å²) >= 11 is 0. The Bertz CT molecular complexity index is 3570. The molecule has 61 heavy (non-hydrogen) atoms. The average Bonchev–Trinajstić information content (AvgIpc) is 3.89. The van der Waals surface area contributed by atoms with E-state index in [9.17, 15) is 0 Å². The first kappa shape index (κ1) is 34.9. The SMILES string of the molecule is c1ccc(-c2ccc(N(c3cc(-c4cccc5c4c4ccccc4n5-c4ccccc4)c4c(c3)oc3ccc5ccccc5c34)c3ccccc3-c3ccccc3)cc2)cc1. The number of rotatable bonds is 7. The third-order valence-corrected chi connectivity index (χ3v) is 12.2. The van der Waals surface area contributed by atoms with Gasteiger partial charge in [-0.25, -0.2) is 0 Å². The van der Waals surface area contributed by atoms with Crippen LogP contribution >= 0.6 is 0 Å². The van der Waals surface area contributed by atoms with E-state index in [1.165, 1.54) is 38.2 Å². The van der Waals surface area contributed by atoms with Crippen molar-refractivity contribution in [2.45, 2.75) is 0 Å². The van der Waals surface area contributed by atoms with Gasteiger partial charge in [0.1, 0.15) is 11.2 Å². The van der Waals surface area contributed by atoms with Gasteiger partial charge in [0.05, 0.1) is 22.4 Å². The molecule has 0 radical (unpaired) electrons. The maximum absolute atomic E-state index is 7.02. The molecule has 286 valence electrons. The second kappa shape index (κ2) is 14.3. The van der Waals surface area contributed by atoms with Crippen molar-refractivity contribution in [3.8, 4) is 39.1 Å². The quantitative estimate of drug-likeness (QED) is 0.161. The summed E-state index contributed by atoms with van der Waals surface area (Å²) in [4.78, 5) is 2.40. The Kier molecular flexibility index (Phi) is 8.17. The van der Waals surface area contributed by atoms with Gasteiger partial charge in [0.25, 0.3) is 0 Å². The zero-order valence-corrected chi connectivity index (χ0v) is 33.2. The Balaban J connectivity index is 1.19. The third-order valence-electron chi connectivity index (χ3n) is 12.2. The summed E-state index contributed by atoms with van der Waals surface area (Å²) in [6.45, 7) is 0. The molecule has 10 aromatic carbocycles. The van der Waals surface area contributed by atoms with E-state index in [2.05, 4.69) is 240 Å². The van der Waals surface area contributed by atoms with Gasteiger partial charge in [0.15, 0.2) is 0 Å². The van der Waals surface area contributed by atoms with E-state index in [1.54, 1.807) is 0 Å². The van der Waals surface area contributed by atoms with Crippen LogP contribution in [-0.4, -0.2) is 4.57 Å². The molecule has 0 N–H and O–H groups in total. The predicted octanol–water partition coefficient (Wildman–Crippen LogP) is 16.3. The summed E-state index contributed by atoms with van der Waals surface area (Å²) < 4.78 is 9.42. The molecule has 0 fully saturated rings. The largest absolute Gasteiger partial charge is 0.456 e. The summed E-state index contributed by atoms with van der Waals surface area (Å²) in [7, 11) is 0. The normalized spacial score (nSPS) is 11.6. The fourth-order valence-electron chi connectivity index (χ4n) is 9.48. The maximum atomic E-state index is 7.02. The molecule has 0 amide bonds. The smallest absolute Gasteiger partial charge is 0.138 e. The van der Waals surface area contributed by atoms with Crippen LogP contribution in [0.2, 0.25) is 0 Å². The number of para-hydroxylation sites is 3. The number of fused-ring (bicyclic) bond motifs is 8. The highest BCUT2D eigenvalue weighted by Crippen LogP contribution is 2.49. The average molecular weight is 779 g/mol. The van der Waals surface area contributed by atoms with Crippen LogP contribution in [0.25, 0.3) is 93.6 Å². The van der Waals surface area contributed by atoms with Crippen molar-refractivity contribution >= 4 is 71.6 Å². The molecule has 0 spiro atoms. The zero-order valence-electron chi connectivity index (χ0n) is 33.2. The van der Waals surface area contributed by atoms with Crippen LogP contribution in [0.15, 0.2) is 235 Å². The Morgan fingerprint density at radius 1 is 0.344 bits per heavy atom. The Morgan fingerprint density at radius 3 is 1.77 bits per heavy atom. The van der Waals surface area contributed by atoms with Gasteiger partial charge in [-0.2, -0.15) is 0 Å². The number of nitrogens with zero attached hydrogens (tertiary/aromatic N) is 2. The fraction of sp³-hybridized carbons (Fsp3) is 0. The minimum atomic E-state index is 0.839. The van der Waals surface area contributed by atoms with Crippen LogP contribution in [0.3, 0.4) is 0 Å². The number of hydrogen-bond acceptors (Lipinski definition) is 2. The number of aromatic nitrogens is 1. The molecular formula is C58H38N2O. The van der Waals surface area contributed by atoms with Crippen molar-refractivity contribution < 1.29 is 4.42 Å². The van der Waals surface area contributed by atoms with E-state index in [0.29, 0.717) is 0 Å². The lowest BCUT2D eigenvalue weighted by Crippen LogP contribution is -2.11. The fourth-order valence-corrected chi connectivity index (χ4v) is 9.48. The van der Waals surface area contributed by atoms with Crippen LogP contribution < -0.4 is 4.90 Å². The summed E-state index contributed by atoms with van der Waals surface area (Å²) in [5, 5.41) is 7.00. The molecule has 0 saturated heterocycles. The lowest BCUT2D eigenvalue weighted by atomic mass is 9.93. The van der Waals surface area contributed by atoms with Crippen LogP contribution in [0, 0.1) is 0 Å². The topological polar surface area (TPSA) is 21.3 Å². The Labute approximate surface area is 353 Å². The second-order valence-electron chi connectivity index (χ2n) is 15.6. The lowest BCUT2D eigenvalue weighted by molar-refractivity contribution is 0.669. The van der Waals surface area contributed by atoms with Gasteiger partial charge in [0.2, 0.25) is 0 Å². The molecule has 12 aromatic rings. The highest BCUT2D eigenvalue weighted by Gasteiger charge is 2.25. The van der Waals surface area contributed by atoms with Gasteiger partial charge in [-0.1, -0.05) is 170 Å². The maximum Gasteiger partial charge on any atom is 0.138 e. The Hall–Kier alpha value is -8.14. The van der Waals surface area contributed by atoms with Crippen molar-refractivity contribution in [2.75, 3.05) is 4.90 Å². The molecule has 2 heterocycles. The van der Waals surface area contributed by atoms with Crippen molar-refractivity contribution in [3.05, 3.63) is 231 Å².